The lowest BCUT2D eigenvalue weighted by Gasteiger charge is -2.12. The number of nitrogens with zero attached hydrogens (tertiary/aromatic N) is 1. The highest BCUT2D eigenvalue weighted by Gasteiger charge is 2.09. The molecule has 2 aromatic carbocycles. The molecule has 0 fully saturated rings. The van der Waals surface area contributed by atoms with Gasteiger partial charge >= 0.3 is 0 Å². The Morgan fingerprint density at radius 3 is 2.45 bits per heavy atom. The van der Waals surface area contributed by atoms with Gasteiger partial charge < -0.3 is 5.11 Å². The number of hydrogen-bond acceptors (Lipinski definition) is 2. The number of pyridine rings is 1. The normalized spacial score (nSPS) is 12.4. The van der Waals surface area contributed by atoms with Crippen LogP contribution in [0.4, 0.5) is 0 Å². The fraction of sp³-hybridized carbons (Fsp3) is 0.167. The van der Waals surface area contributed by atoms with Gasteiger partial charge in [0.1, 0.15) is 0 Å². The number of rotatable bonds is 4. The topological polar surface area (TPSA) is 33.1 Å². The Kier molecular flexibility index (Phi) is 3.75. The zero-order valence-electron chi connectivity index (χ0n) is 11.2. The van der Waals surface area contributed by atoms with E-state index in [9.17, 15) is 5.11 Å². The average Bonchev–Trinajstić information content (AvgIpc) is 2.48. The van der Waals surface area contributed by atoms with Crippen molar-refractivity contribution in [2.24, 2.45) is 0 Å². The van der Waals surface area contributed by atoms with Crippen LogP contribution in [0.15, 0.2) is 66.9 Å². The van der Waals surface area contributed by atoms with E-state index in [1.807, 2.05) is 60.8 Å². The summed E-state index contributed by atoms with van der Waals surface area (Å²) >= 11 is 0. The molecule has 1 heterocycles. The quantitative estimate of drug-likeness (QED) is 0.782. The fourth-order valence-electron chi connectivity index (χ4n) is 2.55. The minimum absolute atomic E-state index is 0.372. The van der Waals surface area contributed by atoms with Crippen molar-refractivity contribution < 1.29 is 5.11 Å². The first-order valence-electron chi connectivity index (χ1n) is 6.87. The molecule has 1 atom stereocenters. The van der Waals surface area contributed by atoms with Crippen LogP contribution in [-0.4, -0.2) is 16.2 Å². The van der Waals surface area contributed by atoms with E-state index in [2.05, 4.69) is 11.1 Å². The number of para-hydroxylation sites is 1. The molecule has 0 radical (unpaired) electrons. The predicted octanol–water partition coefficient (Wildman–Crippen LogP) is 3.38. The molecule has 0 aliphatic heterocycles. The molecule has 1 unspecified atom stereocenters. The summed E-state index contributed by atoms with van der Waals surface area (Å²) in [5.74, 6) is 0. The first-order chi connectivity index (χ1) is 9.83. The maximum absolute atomic E-state index is 10.3. The van der Waals surface area contributed by atoms with Crippen molar-refractivity contribution in [3.8, 4) is 0 Å². The monoisotopic (exact) mass is 263 g/mol. The smallest absolute Gasteiger partial charge is 0.0704 e. The van der Waals surface area contributed by atoms with Crippen molar-refractivity contribution in [2.75, 3.05) is 0 Å². The molecule has 3 rings (SSSR count). The number of aliphatic hydroxyl groups excluding tert-OH is 1. The van der Waals surface area contributed by atoms with Gasteiger partial charge in [0.15, 0.2) is 0 Å². The fourth-order valence-corrected chi connectivity index (χ4v) is 2.55. The van der Waals surface area contributed by atoms with Crippen LogP contribution in [0.1, 0.15) is 11.1 Å². The second kappa shape index (κ2) is 5.85. The van der Waals surface area contributed by atoms with Gasteiger partial charge in [-0.05, 0) is 36.1 Å². The molecule has 0 aliphatic carbocycles. The molecule has 0 aliphatic rings. The van der Waals surface area contributed by atoms with Crippen LogP contribution in [0.2, 0.25) is 0 Å². The standard InChI is InChI=1S/C18H17NO/c20-16(12-14-6-2-1-3-7-14)13-15-10-11-19-18-9-5-4-8-17(15)18/h1-11,16,20H,12-13H2. The van der Waals surface area contributed by atoms with Gasteiger partial charge in [-0.15, -0.1) is 0 Å². The van der Waals surface area contributed by atoms with E-state index < -0.39 is 0 Å². The molecule has 0 spiro atoms. The second-order valence-electron chi connectivity index (χ2n) is 5.03. The summed E-state index contributed by atoms with van der Waals surface area (Å²) < 4.78 is 0. The lowest BCUT2D eigenvalue weighted by Crippen LogP contribution is -2.14. The number of fused-ring (bicyclic) bond motifs is 1. The van der Waals surface area contributed by atoms with Crippen molar-refractivity contribution in [1.82, 2.24) is 4.98 Å². The number of aromatic nitrogens is 1. The summed E-state index contributed by atoms with van der Waals surface area (Å²) in [5.41, 5.74) is 3.30. The lowest BCUT2D eigenvalue weighted by atomic mass is 9.99. The highest BCUT2D eigenvalue weighted by Crippen LogP contribution is 2.18. The summed E-state index contributed by atoms with van der Waals surface area (Å²) in [5, 5.41) is 11.4. The van der Waals surface area contributed by atoms with Crippen molar-refractivity contribution in [3.05, 3.63) is 78.0 Å². The highest BCUT2D eigenvalue weighted by atomic mass is 16.3. The molecule has 2 nitrogen and oxygen atoms in total. The van der Waals surface area contributed by atoms with Gasteiger partial charge in [0.2, 0.25) is 0 Å². The summed E-state index contributed by atoms with van der Waals surface area (Å²) in [7, 11) is 0. The summed E-state index contributed by atoms with van der Waals surface area (Å²) in [6, 6.07) is 20.2. The van der Waals surface area contributed by atoms with Crippen LogP contribution < -0.4 is 0 Å². The van der Waals surface area contributed by atoms with Gasteiger partial charge in [-0.1, -0.05) is 48.5 Å². The third-order valence-corrected chi connectivity index (χ3v) is 3.51. The van der Waals surface area contributed by atoms with E-state index in [4.69, 9.17) is 0 Å². The molecular weight excluding hydrogens is 246 g/mol. The van der Waals surface area contributed by atoms with E-state index in [-0.39, 0.29) is 6.10 Å². The average molecular weight is 263 g/mol. The van der Waals surface area contributed by atoms with E-state index in [1.54, 1.807) is 0 Å². The minimum Gasteiger partial charge on any atom is -0.392 e. The molecule has 1 N–H and O–H groups in total. The maximum atomic E-state index is 10.3. The minimum atomic E-state index is -0.372. The Hall–Kier alpha value is -2.19. The largest absolute Gasteiger partial charge is 0.392 e. The summed E-state index contributed by atoms with van der Waals surface area (Å²) in [6.45, 7) is 0. The van der Waals surface area contributed by atoms with Crippen LogP contribution in [0, 0.1) is 0 Å². The molecule has 20 heavy (non-hydrogen) atoms. The molecule has 0 amide bonds. The molecule has 0 bridgehead atoms. The first-order valence-corrected chi connectivity index (χ1v) is 6.87. The number of benzene rings is 2. The zero-order valence-corrected chi connectivity index (χ0v) is 11.2. The van der Waals surface area contributed by atoms with Gasteiger partial charge in [0.05, 0.1) is 11.6 Å². The van der Waals surface area contributed by atoms with Gasteiger partial charge in [0, 0.05) is 11.6 Å². The van der Waals surface area contributed by atoms with E-state index in [0.717, 1.165) is 16.5 Å². The molecular formula is C18H17NO. The van der Waals surface area contributed by atoms with Crippen molar-refractivity contribution in [1.29, 1.82) is 0 Å². The van der Waals surface area contributed by atoms with Crippen LogP contribution in [-0.2, 0) is 12.8 Å². The molecule has 1 aromatic heterocycles. The number of hydrogen-bond donors (Lipinski definition) is 1. The van der Waals surface area contributed by atoms with Crippen LogP contribution >= 0.6 is 0 Å². The van der Waals surface area contributed by atoms with Crippen LogP contribution in [0.25, 0.3) is 10.9 Å². The van der Waals surface area contributed by atoms with Crippen molar-refractivity contribution in [2.45, 2.75) is 18.9 Å². The van der Waals surface area contributed by atoms with E-state index in [0.29, 0.717) is 12.8 Å². The first kappa shape index (κ1) is 12.8. The SMILES string of the molecule is OC(Cc1ccccc1)Cc1ccnc2ccccc12. The molecule has 0 saturated heterocycles. The predicted molar refractivity (Wildman–Crippen MR) is 81.6 cm³/mol. The molecule has 100 valence electrons. The summed E-state index contributed by atoms with van der Waals surface area (Å²) in [6.07, 6.45) is 2.77. The van der Waals surface area contributed by atoms with Crippen LogP contribution in [0.5, 0.6) is 0 Å². The summed E-state index contributed by atoms with van der Waals surface area (Å²) in [4.78, 5) is 4.35. The Labute approximate surface area is 118 Å². The zero-order chi connectivity index (χ0) is 13.8. The Morgan fingerprint density at radius 2 is 1.60 bits per heavy atom. The van der Waals surface area contributed by atoms with Gasteiger partial charge in [0.25, 0.3) is 0 Å². The lowest BCUT2D eigenvalue weighted by molar-refractivity contribution is 0.176. The second-order valence-corrected chi connectivity index (χ2v) is 5.03. The Bertz CT molecular complexity index is 689. The van der Waals surface area contributed by atoms with Crippen molar-refractivity contribution >= 4 is 10.9 Å². The Morgan fingerprint density at radius 1 is 0.850 bits per heavy atom. The molecule has 0 saturated carbocycles. The van der Waals surface area contributed by atoms with Gasteiger partial charge in [-0.25, -0.2) is 0 Å². The maximum Gasteiger partial charge on any atom is 0.0704 e. The van der Waals surface area contributed by atoms with E-state index in [1.165, 1.54) is 5.56 Å². The van der Waals surface area contributed by atoms with Crippen LogP contribution in [0.3, 0.4) is 0 Å². The molecule has 2 heteroatoms. The number of aliphatic hydroxyl groups is 1. The van der Waals surface area contributed by atoms with Gasteiger partial charge in [-0.3, -0.25) is 4.98 Å². The van der Waals surface area contributed by atoms with E-state index >= 15 is 0 Å². The third kappa shape index (κ3) is 2.86. The van der Waals surface area contributed by atoms with Crippen molar-refractivity contribution in [3.63, 3.8) is 0 Å². The third-order valence-electron chi connectivity index (χ3n) is 3.51. The highest BCUT2D eigenvalue weighted by molar-refractivity contribution is 5.81. The van der Waals surface area contributed by atoms with Gasteiger partial charge in [-0.2, -0.15) is 0 Å². The molecule has 3 aromatic rings. The Balaban J connectivity index is 1.79.